The SMILES string of the molecule is CCCCc1cc(OC)c2c(c1)OC(C)(C)C1=C2C(=O)C(C)CC1. The Morgan fingerprint density at radius 1 is 1.33 bits per heavy atom. The Balaban J connectivity index is 2.19. The van der Waals surface area contributed by atoms with Gasteiger partial charge in [-0.3, -0.25) is 4.79 Å². The van der Waals surface area contributed by atoms with Crippen molar-refractivity contribution in [2.75, 3.05) is 7.11 Å². The number of allylic oxidation sites excluding steroid dienone is 1. The number of rotatable bonds is 4. The minimum Gasteiger partial charge on any atom is -0.496 e. The molecule has 3 rings (SSSR count). The normalized spacial score (nSPS) is 21.9. The summed E-state index contributed by atoms with van der Waals surface area (Å²) in [7, 11) is 1.68. The molecule has 130 valence electrons. The second-order valence-corrected chi connectivity index (χ2v) is 7.54. The van der Waals surface area contributed by atoms with Crippen LogP contribution in [0.5, 0.6) is 11.5 Å². The molecular weight excluding hydrogens is 300 g/mol. The lowest BCUT2D eigenvalue weighted by Gasteiger charge is -2.40. The first-order valence-corrected chi connectivity index (χ1v) is 9.07. The molecule has 0 amide bonds. The fourth-order valence-electron chi connectivity index (χ4n) is 3.88. The lowest BCUT2D eigenvalue weighted by Crippen LogP contribution is -2.39. The third-order valence-electron chi connectivity index (χ3n) is 5.33. The summed E-state index contributed by atoms with van der Waals surface area (Å²) in [5.74, 6) is 1.86. The van der Waals surface area contributed by atoms with Gasteiger partial charge in [0.2, 0.25) is 0 Å². The molecule has 0 saturated carbocycles. The zero-order valence-corrected chi connectivity index (χ0v) is 15.5. The van der Waals surface area contributed by atoms with Crippen LogP contribution in [-0.4, -0.2) is 18.5 Å². The highest BCUT2D eigenvalue weighted by molar-refractivity contribution is 6.25. The Hall–Kier alpha value is -1.77. The van der Waals surface area contributed by atoms with Gasteiger partial charge in [0.05, 0.1) is 12.7 Å². The maximum absolute atomic E-state index is 13.0. The van der Waals surface area contributed by atoms with E-state index in [9.17, 15) is 4.79 Å². The molecule has 1 aromatic rings. The monoisotopic (exact) mass is 328 g/mol. The molecule has 1 aliphatic heterocycles. The molecule has 0 saturated heterocycles. The van der Waals surface area contributed by atoms with E-state index >= 15 is 0 Å². The van der Waals surface area contributed by atoms with Crippen molar-refractivity contribution in [3.63, 3.8) is 0 Å². The highest BCUT2D eigenvalue weighted by Crippen LogP contribution is 2.50. The highest BCUT2D eigenvalue weighted by Gasteiger charge is 2.42. The fourth-order valence-corrected chi connectivity index (χ4v) is 3.88. The van der Waals surface area contributed by atoms with Gasteiger partial charge < -0.3 is 9.47 Å². The van der Waals surface area contributed by atoms with Crippen molar-refractivity contribution in [3.05, 3.63) is 28.8 Å². The van der Waals surface area contributed by atoms with E-state index in [2.05, 4.69) is 32.9 Å². The number of fused-ring (bicyclic) bond motifs is 2. The van der Waals surface area contributed by atoms with Crippen LogP contribution in [0.3, 0.4) is 0 Å². The van der Waals surface area contributed by atoms with Gasteiger partial charge in [0.1, 0.15) is 17.1 Å². The zero-order valence-electron chi connectivity index (χ0n) is 15.5. The van der Waals surface area contributed by atoms with Crippen LogP contribution >= 0.6 is 0 Å². The second kappa shape index (κ2) is 6.27. The molecule has 1 aromatic carbocycles. The minimum atomic E-state index is -0.438. The van der Waals surface area contributed by atoms with Gasteiger partial charge in [0, 0.05) is 11.5 Å². The zero-order chi connectivity index (χ0) is 17.5. The van der Waals surface area contributed by atoms with Crippen molar-refractivity contribution < 1.29 is 14.3 Å². The predicted molar refractivity (Wildman–Crippen MR) is 96.6 cm³/mol. The topological polar surface area (TPSA) is 35.5 Å². The van der Waals surface area contributed by atoms with Gasteiger partial charge in [0.25, 0.3) is 0 Å². The first-order valence-electron chi connectivity index (χ1n) is 9.07. The maximum atomic E-state index is 13.0. The van der Waals surface area contributed by atoms with Gasteiger partial charge in [-0.1, -0.05) is 20.3 Å². The number of carbonyl (C=O) groups is 1. The number of methoxy groups -OCH3 is 1. The molecule has 0 aromatic heterocycles. The molecule has 3 heteroatoms. The summed E-state index contributed by atoms with van der Waals surface area (Å²) >= 11 is 0. The Labute approximate surface area is 145 Å². The molecule has 0 fully saturated rings. The van der Waals surface area contributed by atoms with Crippen LogP contribution in [0.15, 0.2) is 17.7 Å². The molecule has 0 spiro atoms. The number of unbranched alkanes of at least 4 members (excludes halogenated alkanes) is 1. The summed E-state index contributed by atoms with van der Waals surface area (Å²) in [6.07, 6.45) is 5.10. The largest absolute Gasteiger partial charge is 0.496 e. The number of aryl methyl sites for hydroxylation is 1. The molecular formula is C21H28O3. The van der Waals surface area contributed by atoms with E-state index in [0.29, 0.717) is 0 Å². The van der Waals surface area contributed by atoms with E-state index in [1.807, 2.05) is 6.92 Å². The fraction of sp³-hybridized carbons (Fsp3) is 0.571. The number of ether oxygens (including phenoxy) is 2. The second-order valence-electron chi connectivity index (χ2n) is 7.54. The molecule has 24 heavy (non-hydrogen) atoms. The molecule has 1 heterocycles. The van der Waals surface area contributed by atoms with Gasteiger partial charge in [-0.15, -0.1) is 0 Å². The average Bonchev–Trinajstić information content (AvgIpc) is 2.54. The number of benzene rings is 1. The Morgan fingerprint density at radius 2 is 2.08 bits per heavy atom. The third-order valence-corrected chi connectivity index (χ3v) is 5.33. The molecule has 0 bridgehead atoms. The lowest BCUT2D eigenvalue weighted by molar-refractivity contribution is -0.117. The Morgan fingerprint density at radius 3 is 2.75 bits per heavy atom. The number of Topliss-reactive ketones (excluding diaryl/α,β-unsaturated/α-hetero) is 1. The summed E-state index contributed by atoms with van der Waals surface area (Å²) in [6, 6.07) is 4.18. The standard InChI is InChI=1S/C21H28O3/c1-6-7-8-14-11-16(23-5)19-17(12-14)24-21(3,4)15-10-9-13(2)20(22)18(15)19/h11-13H,6-10H2,1-5H3. The van der Waals surface area contributed by atoms with Crippen molar-refractivity contribution in [1.29, 1.82) is 0 Å². The molecule has 2 aliphatic rings. The number of ketones is 1. The van der Waals surface area contributed by atoms with Crippen LogP contribution in [0.1, 0.15) is 64.5 Å². The van der Waals surface area contributed by atoms with Crippen LogP contribution in [0, 0.1) is 5.92 Å². The smallest absolute Gasteiger partial charge is 0.166 e. The molecule has 0 N–H and O–H groups in total. The quantitative estimate of drug-likeness (QED) is 0.783. The van der Waals surface area contributed by atoms with Crippen LogP contribution in [-0.2, 0) is 11.2 Å². The first kappa shape index (κ1) is 17.1. The molecule has 1 atom stereocenters. The van der Waals surface area contributed by atoms with Crippen molar-refractivity contribution >= 4 is 11.4 Å². The molecule has 3 nitrogen and oxygen atoms in total. The van der Waals surface area contributed by atoms with E-state index in [0.717, 1.165) is 60.3 Å². The average molecular weight is 328 g/mol. The summed E-state index contributed by atoms with van der Waals surface area (Å²) in [5, 5.41) is 0. The van der Waals surface area contributed by atoms with Crippen LogP contribution in [0.4, 0.5) is 0 Å². The van der Waals surface area contributed by atoms with Gasteiger partial charge in [-0.25, -0.2) is 0 Å². The van der Waals surface area contributed by atoms with Gasteiger partial charge >= 0.3 is 0 Å². The Bertz CT molecular complexity index is 697. The number of hydrogen-bond donors (Lipinski definition) is 0. The maximum Gasteiger partial charge on any atom is 0.166 e. The van der Waals surface area contributed by atoms with Crippen molar-refractivity contribution in [3.8, 4) is 11.5 Å². The van der Waals surface area contributed by atoms with Crippen LogP contribution in [0.25, 0.3) is 5.57 Å². The lowest BCUT2D eigenvalue weighted by atomic mass is 9.73. The highest BCUT2D eigenvalue weighted by atomic mass is 16.5. The van der Waals surface area contributed by atoms with Crippen molar-refractivity contribution in [1.82, 2.24) is 0 Å². The third kappa shape index (κ3) is 2.74. The van der Waals surface area contributed by atoms with Gasteiger partial charge in [-0.2, -0.15) is 0 Å². The summed E-state index contributed by atoms with van der Waals surface area (Å²) in [5.41, 5.74) is 3.61. The van der Waals surface area contributed by atoms with Crippen molar-refractivity contribution in [2.24, 2.45) is 5.92 Å². The van der Waals surface area contributed by atoms with E-state index < -0.39 is 5.60 Å². The van der Waals surface area contributed by atoms with Gasteiger partial charge in [-0.05, 0) is 62.8 Å². The summed E-state index contributed by atoms with van der Waals surface area (Å²) in [6.45, 7) is 8.35. The van der Waals surface area contributed by atoms with Crippen LogP contribution in [0.2, 0.25) is 0 Å². The Kier molecular flexibility index (Phi) is 4.46. The van der Waals surface area contributed by atoms with E-state index in [-0.39, 0.29) is 11.7 Å². The minimum absolute atomic E-state index is 0.0648. The predicted octanol–water partition coefficient (Wildman–Crippen LogP) is 4.96. The molecule has 1 aliphatic carbocycles. The van der Waals surface area contributed by atoms with E-state index in [1.54, 1.807) is 7.11 Å². The first-order chi connectivity index (χ1) is 11.4. The van der Waals surface area contributed by atoms with E-state index in [4.69, 9.17) is 9.47 Å². The summed E-state index contributed by atoms with van der Waals surface area (Å²) in [4.78, 5) is 13.0. The summed E-state index contributed by atoms with van der Waals surface area (Å²) < 4.78 is 12.0. The van der Waals surface area contributed by atoms with Gasteiger partial charge in [0.15, 0.2) is 5.78 Å². The van der Waals surface area contributed by atoms with Crippen molar-refractivity contribution in [2.45, 2.75) is 65.4 Å². The van der Waals surface area contributed by atoms with E-state index in [1.165, 1.54) is 5.56 Å². The van der Waals surface area contributed by atoms with Crippen LogP contribution < -0.4 is 9.47 Å². The number of carbonyl (C=O) groups excluding carboxylic acids is 1. The number of hydrogen-bond acceptors (Lipinski definition) is 3. The molecule has 0 radical (unpaired) electrons. The molecule has 1 unspecified atom stereocenters.